The summed E-state index contributed by atoms with van der Waals surface area (Å²) in [6.45, 7) is 2.21. The van der Waals surface area contributed by atoms with Crippen LogP contribution in [-0.2, 0) is 24.4 Å². The molecule has 0 spiro atoms. The first-order valence-corrected chi connectivity index (χ1v) is 10.1. The average molecular weight is 405 g/mol. The van der Waals surface area contributed by atoms with Crippen molar-refractivity contribution in [2.75, 3.05) is 13.2 Å². The normalized spacial score (nSPS) is 10.5. The third kappa shape index (κ3) is 7.60. The van der Waals surface area contributed by atoms with Gasteiger partial charge in [0, 0.05) is 19.5 Å². The predicted molar refractivity (Wildman–Crippen MR) is 117 cm³/mol. The van der Waals surface area contributed by atoms with E-state index in [-0.39, 0.29) is 6.42 Å². The molecule has 0 bridgehead atoms. The lowest BCUT2D eigenvalue weighted by Crippen LogP contribution is -2.17. The van der Waals surface area contributed by atoms with Crippen LogP contribution in [0.1, 0.15) is 23.1 Å². The van der Waals surface area contributed by atoms with Crippen molar-refractivity contribution in [2.24, 2.45) is 0 Å². The van der Waals surface area contributed by atoms with Crippen LogP contribution >= 0.6 is 0 Å². The topological polar surface area (TPSA) is 67.8 Å². The molecule has 2 N–H and O–H groups in total. The number of aliphatic carboxylic acids is 1. The number of carbonyl (C=O) groups is 1. The molecule has 0 unspecified atom stereocenters. The molecule has 0 atom stereocenters. The van der Waals surface area contributed by atoms with E-state index in [0.29, 0.717) is 26.3 Å². The number of nitrogens with one attached hydrogen (secondary N) is 1. The molecule has 5 heteroatoms. The van der Waals surface area contributed by atoms with Crippen molar-refractivity contribution in [1.82, 2.24) is 5.32 Å². The zero-order valence-electron chi connectivity index (χ0n) is 16.9. The van der Waals surface area contributed by atoms with Gasteiger partial charge in [-0.2, -0.15) is 0 Å². The third-order valence-electron chi connectivity index (χ3n) is 4.57. The van der Waals surface area contributed by atoms with Gasteiger partial charge in [0.05, 0.1) is 13.0 Å². The highest BCUT2D eigenvalue weighted by Gasteiger charge is 2.01. The molecule has 30 heavy (non-hydrogen) atoms. The summed E-state index contributed by atoms with van der Waals surface area (Å²) in [5, 5.41) is 11.8. The standard InChI is InChI=1S/C25H27NO4/c27-25(28)13-15-26-18-22-7-4-8-24(17-22)29-16-14-20-9-11-23(12-10-20)30-19-21-5-2-1-3-6-21/h1-12,17,26H,13-16,18-19H2,(H,27,28). The van der Waals surface area contributed by atoms with E-state index in [1.165, 1.54) is 5.56 Å². The lowest BCUT2D eigenvalue weighted by Gasteiger charge is -2.10. The maximum Gasteiger partial charge on any atom is 0.304 e. The van der Waals surface area contributed by atoms with Crippen molar-refractivity contribution in [3.63, 3.8) is 0 Å². The monoisotopic (exact) mass is 405 g/mol. The van der Waals surface area contributed by atoms with Crippen LogP contribution in [0.2, 0.25) is 0 Å². The highest BCUT2D eigenvalue weighted by molar-refractivity contribution is 5.66. The zero-order valence-corrected chi connectivity index (χ0v) is 16.9. The average Bonchev–Trinajstić information content (AvgIpc) is 2.77. The Hall–Kier alpha value is -3.31. The van der Waals surface area contributed by atoms with Gasteiger partial charge in [-0.05, 0) is 41.0 Å². The van der Waals surface area contributed by atoms with Crippen LogP contribution < -0.4 is 14.8 Å². The summed E-state index contributed by atoms with van der Waals surface area (Å²) in [4.78, 5) is 10.5. The van der Waals surface area contributed by atoms with Crippen LogP contribution in [0.3, 0.4) is 0 Å². The lowest BCUT2D eigenvalue weighted by molar-refractivity contribution is -0.136. The van der Waals surface area contributed by atoms with Crippen LogP contribution in [0, 0.1) is 0 Å². The number of rotatable bonds is 12. The van der Waals surface area contributed by atoms with E-state index in [2.05, 4.69) is 17.4 Å². The summed E-state index contributed by atoms with van der Waals surface area (Å²) in [5.74, 6) is 0.873. The van der Waals surface area contributed by atoms with Gasteiger partial charge in [-0.3, -0.25) is 4.79 Å². The lowest BCUT2D eigenvalue weighted by atomic mass is 10.1. The van der Waals surface area contributed by atoms with Gasteiger partial charge in [0.1, 0.15) is 18.1 Å². The first kappa shape index (κ1) is 21.4. The van der Waals surface area contributed by atoms with Crippen molar-refractivity contribution in [3.8, 4) is 11.5 Å². The molecule has 0 fully saturated rings. The van der Waals surface area contributed by atoms with Crippen molar-refractivity contribution < 1.29 is 19.4 Å². The molecule has 0 aliphatic carbocycles. The van der Waals surface area contributed by atoms with Gasteiger partial charge in [0.2, 0.25) is 0 Å². The third-order valence-corrected chi connectivity index (χ3v) is 4.57. The highest BCUT2D eigenvalue weighted by Crippen LogP contribution is 2.16. The van der Waals surface area contributed by atoms with E-state index in [0.717, 1.165) is 29.0 Å². The summed E-state index contributed by atoms with van der Waals surface area (Å²) >= 11 is 0. The molecular formula is C25H27NO4. The number of ether oxygens (including phenoxy) is 2. The number of carboxylic acids is 1. The van der Waals surface area contributed by atoms with Gasteiger partial charge in [-0.25, -0.2) is 0 Å². The van der Waals surface area contributed by atoms with E-state index in [4.69, 9.17) is 14.6 Å². The fraction of sp³-hybridized carbons (Fsp3) is 0.240. The second-order valence-corrected chi connectivity index (χ2v) is 6.98. The Balaban J connectivity index is 1.39. The first-order chi connectivity index (χ1) is 14.7. The Labute approximate surface area is 177 Å². The Morgan fingerprint density at radius 3 is 2.33 bits per heavy atom. The van der Waals surface area contributed by atoms with Crippen LogP contribution in [0.4, 0.5) is 0 Å². The maximum absolute atomic E-state index is 10.5. The largest absolute Gasteiger partial charge is 0.493 e. The summed E-state index contributed by atoms with van der Waals surface area (Å²) in [6, 6.07) is 26.1. The molecule has 5 nitrogen and oxygen atoms in total. The molecule has 3 aromatic carbocycles. The van der Waals surface area contributed by atoms with E-state index in [1.54, 1.807) is 0 Å². The van der Waals surface area contributed by atoms with Crippen LogP contribution in [0.15, 0.2) is 78.9 Å². The second-order valence-electron chi connectivity index (χ2n) is 6.98. The highest BCUT2D eigenvalue weighted by atomic mass is 16.5. The molecule has 0 aliphatic heterocycles. The summed E-state index contributed by atoms with van der Waals surface area (Å²) in [6.07, 6.45) is 0.923. The minimum atomic E-state index is -0.796. The van der Waals surface area contributed by atoms with Gasteiger partial charge in [-0.15, -0.1) is 0 Å². The Morgan fingerprint density at radius 1 is 0.800 bits per heavy atom. The van der Waals surface area contributed by atoms with Crippen LogP contribution in [-0.4, -0.2) is 24.2 Å². The van der Waals surface area contributed by atoms with Crippen molar-refractivity contribution in [2.45, 2.75) is 26.0 Å². The van der Waals surface area contributed by atoms with E-state index in [1.807, 2.05) is 66.7 Å². The molecule has 0 aromatic heterocycles. The molecule has 0 heterocycles. The minimum Gasteiger partial charge on any atom is -0.493 e. The van der Waals surface area contributed by atoms with E-state index >= 15 is 0 Å². The molecule has 0 aliphatic rings. The predicted octanol–water partition coefficient (Wildman–Crippen LogP) is 4.45. The molecule has 156 valence electrons. The number of carboxylic acid groups (broad SMARTS) is 1. The maximum atomic E-state index is 10.5. The van der Waals surface area contributed by atoms with Gasteiger partial charge in [0.15, 0.2) is 0 Å². The number of benzene rings is 3. The minimum absolute atomic E-state index is 0.117. The van der Waals surface area contributed by atoms with Crippen molar-refractivity contribution >= 4 is 5.97 Å². The van der Waals surface area contributed by atoms with E-state index in [9.17, 15) is 4.79 Å². The quantitative estimate of drug-likeness (QED) is 0.436. The van der Waals surface area contributed by atoms with Gasteiger partial charge < -0.3 is 19.9 Å². The second kappa shape index (κ2) is 11.6. The number of hydrogen-bond acceptors (Lipinski definition) is 4. The smallest absolute Gasteiger partial charge is 0.304 e. The first-order valence-electron chi connectivity index (χ1n) is 10.1. The van der Waals surface area contributed by atoms with Crippen LogP contribution in [0.25, 0.3) is 0 Å². The van der Waals surface area contributed by atoms with Gasteiger partial charge in [0.25, 0.3) is 0 Å². The molecule has 0 saturated heterocycles. The Kier molecular flexibility index (Phi) is 8.30. The van der Waals surface area contributed by atoms with Gasteiger partial charge in [-0.1, -0.05) is 54.6 Å². The molecule has 3 rings (SSSR count). The van der Waals surface area contributed by atoms with Crippen molar-refractivity contribution in [3.05, 3.63) is 95.6 Å². The molecule has 3 aromatic rings. The Morgan fingerprint density at radius 2 is 1.57 bits per heavy atom. The zero-order chi connectivity index (χ0) is 21.0. The molecule has 0 amide bonds. The van der Waals surface area contributed by atoms with Crippen molar-refractivity contribution in [1.29, 1.82) is 0 Å². The number of hydrogen-bond donors (Lipinski definition) is 2. The SMILES string of the molecule is O=C(O)CCNCc1cccc(OCCc2ccc(OCc3ccccc3)cc2)c1. The van der Waals surface area contributed by atoms with Gasteiger partial charge >= 0.3 is 5.97 Å². The fourth-order valence-electron chi connectivity index (χ4n) is 2.95. The molecular weight excluding hydrogens is 378 g/mol. The van der Waals surface area contributed by atoms with E-state index < -0.39 is 5.97 Å². The molecule has 0 saturated carbocycles. The summed E-state index contributed by atoms with van der Waals surface area (Å²) in [5.41, 5.74) is 3.40. The molecule has 0 radical (unpaired) electrons. The summed E-state index contributed by atoms with van der Waals surface area (Å²) < 4.78 is 11.7. The summed E-state index contributed by atoms with van der Waals surface area (Å²) in [7, 11) is 0. The fourth-order valence-corrected chi connectivity index (χ4v) is 2.95. The Bertz CT molecular complexity index is 910. The van der Waals surface area contributed by atoms with Crippen LogP contribution in [0.5, 0.6) is 11.5 Å².